The summed E-state index contributed by atoms with van der Waals surface area (Å²) in [5, 5.41) is 13.1. The van der Waals surface area contributed by atoms with E-state index in [-0.39, 0.29) is 22.1 Å². The number of hydrogen-bond acceptors (Lipinski definition) is 5. The van der Waals surface area contributed by atoms with E-state index < -0.39 is 28.9 Å². The molecule has 11 heteroatoms. The molecule has 7 nitrogen and oxygen atoms in total. The molecule has 0 spiro atoms. The molecule has 152 valence electrons. The summed E-state index contributed by atoms with van der Waals surface area (Å²) < 4.78 is 41.0. The number of fused-ring (bicyclic) bond motifs is 1. The van der Waals surface area contributed by atoms with Gasteiger partial charge in [-0.25, -0.2) is 22.8 Å². The minimum absolute atomic E-state index is 0.153. The smallest absolute Gasteiger partial charge is 0.290 e. The molecule has 0 aliphatic rings. The largest absolute Gasteiger partial charge is 0.323 e. The molecule has 0 saturated carbocycles. The van der Waals surface area contributed by atoms with E-state index in [4.69, 9.17) is 0 Å². The second kappa shape index (κ2) is 8.03. The Hall–Kier alpha value is -3.60. The maximum Gasteiger partial charge on any atom is 0.290 e. The summed E-state index contributed by atoms with van der Waals surface area (Å²) in [5.41, 5.74) is 0.572. The van der Waals surface area contributed by atoms with Crippen LogP contribution in [0.1, 0.15) is 0 Å². The molecule has 2 heterocycles. The Labute approximate surface area is 170 Å². The number of halogens is 3. The molecule has 0 bridgehead atoms. The third kappa shape index (κ3) is 4.06. The summed E-state index contributed by atoms with van der Waals surface area (Å²) in [6.07, 6.45) is 0. The van der Waals surface area contributed by atoms with Crippen molar-refractivity contribution in [1.29, 1.82) is 0 Å². The first kappa shape index (κ1) is 19.7. The number of nitrogens with zero attached hydrogens (tertiary/aromatic N) is 3. The Morgan fingerprint density at radius 1 is 1.07 bits per heavy atom. The molecular weight excluding hydrogens is 419 g/mol. The number of anilines is 1. The van der Waals surface area contributed by atoms with Gasteiger partial charge in [-0.2, -0.15) is 5.10 Å². The summed E-state index contributed by atoms with van der Waals surface area (Å²) in [4.78, 5) is 24.2. The molecule has 0 radical (unpaired) electrons. The average molecular weight is 431 g/mol. The number of aromatic amines is 1. The number of hydrogen-bond donors (Lipinski definition) is 2. The van der Waals surface area contributed by atoms with E-state index in [2.05, 4.69) is 20.6 Å². The van der Waals surface area contributed by atoms with Gasteiger partial charge in [-0.15, -0.1) is 5.10 Å². The number of aromatic nitrogens is 4. The lowest BCUT2D eigenvalue weighted by Crippen LogP contribution is -2.17. The quantitative estimate of drug-likeness (QED) is 0.474. The fourth-order valence-corrected chi connectivity index (χ4v) is 3.36. The van der Waals surface area contributed by atoms with Gasteiger partial charge in [-0.05, 0) is 42.5 Å². The second-order valence-corrected chi connectivity index (χ2v) is 7.07. The standard InChI is InChI=1S/C19H12F3N5O2S/c20-11-3-1-10(2-4-11)15-8-16-18(29)24-25-19(27(16)26-15)30-9-17(28)23-14-6-5-12(21)7-13(14)22/h1-8H,9H2,(H,23,28)(H,24,29). The van der Waals surface area contributed by atoms with E-state index in [0.717, 1.165) is 23.9 Å². The molecule has 4 rings (SSSR count). The number of benzene rings is 2. The highest BCUT2D eigenvalue weighted by atomic mass is 32.2. The molecule has 0 saturated heterocycles. The Morgan fingerprint density at radius 2 is 1.80 bits per heavy atom. The van der Waals surface area contributed by atoms with Gasteiger partial charge in [0.2, 0.25) is 11.1 Å². The van der Waals surface area contributed by atoms with Crippen molar-refractivity contribution in [2.45, 2.75) is 5.16 Å². The van der Waals surface area contributed by atoms with Crippen molar-refractivity contribution in [3.63, 3.8) is 0 Å². The first-order valence-corrected chi connectivity index (χ1v) is 9.51. The molecular formula is C19H12F3N5O2S. The van der Waals surface area contributed by atoms with Crippen molar-refractivity contribution in [1.82, 2.24) is 19.8 Å². The van der Waals surface area contributed by atoms with Gasteiger partial charge < -0.3 is 5.32 Å². The third-order valence-corrected chi connectivity index (χ3v) is 4.98. The number of nitrogens with one attached hydrogen (secondary N) is 2. The highest BCUT2D eigenvalue weighted by molar-refractivity contribution is 7.99. The van der Waals surface area contributed by atoms with E-state index in [1.807, 2.05) is 0 Å². The van der Waals surface area contributed by atoms with E-state index in [1.165, 1.54) is 34.8 Å². The SMILES string of the molecule is O=C(CSc1n[nH]c(=O)c2cc(-c3ccc(F)cc3)nn12)Nc1ccc(F)cc1F. The van der Waals surface area contributed by atoms with Crippen molar-refractivity contribution < 1.29 is 18.0 Å². The van der Waals surface area contributed by atoms with Crippen molar-refractivity contribution in [3.8, 4) is 11.3 Å². The lowest BCUT2D eigenvalue weighted by atomic mass is 10.1. The Balaban J connectivity index is 1.55. The molecule has 2 aromatic carbocycles. The van der Waals surface area contributed by atoms with Crippen LogP contribution in [0.4, 0.5) is 18.9 Å². The van der Waals surface area contributed by atoms with Crippen LogP contribution in [0.3, 0.4) is 0 Å². The summed E-state index contributed by atoms with van der Waals surface area (Å²) in [5.74, 6) is -2.78. The van der Waals surface area contributed by atoms with Gasteiger partial charge in [0.1, 0.15) is 23.0 Å². The van der Waals surface area contributed by atoms with Gasteiger partial charge in [-0.1, -0.05) is 11.8 Å². The van der Waals surface area contributed by atoms with E-state index >= 15 is 0 Å². The fourth-order valence-electron chi connectivity index (χ4n) is 2.65. The monoisotopic (exact) mass is 431 g/mol. The van der Waals surface area contributed by atoms with Gasteiger partial charge in [0.15, 0.2) is 0 Å². The fraction of sp³-hybridized carbons (Fsp3) is 0.0526. The summed E-state index contributed by atoms with van der Waals surface area (Å²) in [6, 6.07) is 9.92. The average Bonchev–Trinajstić information content (AvgIpc) is 3.17. The Kier molecular flexibility index (Phi) is 5.27. The number of H-pyrrole nitrogens is 1. The van der Waals surface area contributed by atoms with Crippen LogP contribution in [-0.2, 0) is 4.79 Å². The highest BCUT2D eigenvalue weighted by Gasteiger charge is 2.15. The lowest BCUT2D eigenvalue weighted by molar-refractivity contribution is -0.113. The zero-order valence-electron chi connectivity index (χ0n) is 15.0. The molecule has 2 aromatic heterocycles. The van der Waals surface area contributed by atoms with Crippen LogP contribution in [0.25, 0.3) is 16.8 Å². The van der Waals surface area contributed by atoms with E-state index in [9.17, 15) is 22.8 Å². The van der Waals surface area contributed by atoms with Crippen LogP contribution in [0.2, 0.25) is 0 Å². The molecule has 4 aromatic rings. The Bertz CT molecular complexity index is 1300. The van der Waals surface area contributed by atoms with Crippen LogP contribution < -0.4 is 10.9 Å². The number of thioether (sulfide) groups is 1. The van der Waals surface area contributed by atoms with Gasteiger partial charge in [0.05, 0.1) is 17.1 Å². The maximum absolute atomic E-state index is 13.7. The first-order valence-electron chi connectivity index (χ1n) is 8.53. The zero-order valence-corrected chi connectivity index (χ0v) is 15.8. The van der Waals surface area contributed by atoms with Crippen molar-refractivity contribution >= 4 is 28.9 Å². The van der Waals surface area contributed by atoms with E-state index in [0.29, 0.717) is 17.3 Å². The first-order chi connectivity index (χ1) is 14.4. The van der Waals surface area contributed by atoms with Gasteiger partial charge >= 0.3 is 0 Å². The molecule has 30 heavy (non-hydrogen) atoms. The number of carbonyl (C=O) groups is 1. The predicted molar refractivity (Wildman–Crippen MR) is 105 cm³/mol. The summed E-state index contributed by atoms with van der Waals surface area (Å²) in [7, 11) is 0. The summed E-state index contributed by atoms with van der Waals surface area (Å²) >= 11 is 0.957. The number of amides is 1. The molecule has 1 amide bonds. The molecule has 2 N–H and O–H groups in total. The van der Waals surface area contributed by atoms with Gasteiger partial charge in [-0.3, -0.25) is 9.59 Å². The second-order valence-electron chi connectivity index (χ2n) is 6.13. The molecule has 0 fully saturated rings. The predicted octanol–water partition coefficient (Wildman–Crippen LogP) is 3.23. The maximum atomic E-state index is 13.7. The topological polar surface area (TPSA) is 92.2 Å². The molecule has 0 unspecified atom stereocenters. The van der Waals surface area contributed by atoms with Crippen LogP contribution in [-0.4, -0.2) is 31.5 Å². The minimum atomic E-state index is -0.895. The van der Waals surface area contributed by atoms with Crippen LogP contribution >= 0.6 is 11.8 Å². The highest BCUT2D eigenvalue weighted by Crippen LogP contribution is 2.22. The van der Waals surface area contributed by atoms with Crippen LogP contribution in [0, 0.1) is 17.5 Å². The van der Waals surface area contributed by atoms with Crippen molar-refractivity contribution in [2.75, 3.05) is 11.1 Å². The summed E-state index contributed by atoms with van der Waals surface area (Å²) in [6.45, 7) is 0. The van der Waals surface area contributed by atoms with Crippen LogP contribution in [0.15, 0.2) is 58.5 Å². The normalized spacial score (nSPS) is 11.0. The Morgan fingerprint density at radius 3 is 2.53 bits per heavy atom. The van der Waals surface area contributed by atoms with Crippen molar-refractivity contribution in [2.24, 2.45) is 0 Å². The number of carbonyl (C=O) groups excluding carboxylic acids is 1. The molecule has 0 aliphatic heterocycles. The van der Waals surface area contributed by atoms with Crippen molar-refractivity contribution in [3.05, 3.63) is 76.3 Å². The van der Waals surface area contributed by atoms with Gasteiger partial charge in [0.25, 0.3) is 5.56 Å². The number of rotatable bonds is 5. The molecule has 0 aliphatic carbocycles. The van der Waals surface area contributed by atoms with Gasteiger partial charge in [0, 0.05) is 11.6 Å². The third-order valence-electron chi connectivity index (χ3n) is 4.05. The van der Waals surface area contributed by atoms with Crippen LogP contribution in [0.5, 0.6) is 0 Å². The zero-order chi connectivity index (χ0) is 21.3. The van der Waals surface area contributed by atoms with E-state index in [1.54, 1.807) is 0 Å². The minimum Gasteiger partial charge on any atom is -0.323 e. The molecule has 0 atom stereocenters. The lowest BCUT2D eigenvalue weighted by Gasteiger charge is -2.06.